The Morgan fingerprint density at radius 1 is 0.480 bits per heavy atom. The number of fused-ring (bicyclic) bond motifs is 8. The Labute approximate surface area is 163 Å². The summed E-state index contributed by atoms with van der Waals surface area (Å²) in [7, 11) is 0. The van der Waals surface area contributed by atoms with Crippen LogP contribution in [0.5, 0.6) is 0 Å². The molecule has 0 aliphatic carbocycles. The molecule has 2 aliphatic heterocycles. The molecule has 4 nitrogen and oxygen atoms in total. The van der Waals surface area contributed by atoms with Crippen LogP contribution in [0.1, 0.15) is 22.8 Å². The maximum atomic E-state index is 4.63. The molecule has 0 saturated heterocycles. The Morgan fingerprint density at radius 3 is 1.04 bits per heavy atom. The van der Waals surface area contributed by atoms with Crippen LogP contribution in [0.2, 0.25) is 0 Å². The van der Waals surface area contributed by atoms with E-state index in [1.807, 2.05) is 48.6 Å². The summed E-state index contributed by atoms with van der Waals surface area (Å²) >= 11 is 0. The van der Waals surface area contributed by atoms with E-state index in [2.05, 4.69) is 44.2 Å². The third-order valence-corrected chi connectivity index (χ3v) is 4.04. The van der Waals surface area contributed by atoms with Crippen molar-refractivity contribution in [2.24, 2.45) is 0 Å². The van der Waals surface area contributed by atoms with Gasteiger partial charge in [0.05, 0.1) is 22.8 Å². The van der Waals surface area contributed by atoms with Crippen LogP contribution in [0, 0.1) is 0 Å². The number of H-pyrrole nitrogens is 2. The van der Waals surface area contributed by atoms with Gasteiger partial charge in [0.2, 0.25) is 0 Å². The Hall–Kier alpha value is -2.53. The average Bonchev–Trinajstić information content (AvgIpc) is 3.32. The number of hydrogen-bond donors (Lipinski definition) is 2. The monoisotopic (exact) mass is 428 g/mol. The normalized spacial score (nSPS) is 12.2. The van der Waals surface area contributed by atoms with E-state index in [4.69, 9.17) is 0 Å². The van der Waals surface area contributed by atoms with Crippen LogP contribution >= 0.6 is 0 Å². The van der Waals surface area contributed by atoms with Crippen molar-refractivity contribution in [3.05, 3.63) is 71.3 Å². The van der Waals surface area contributed by atoms with Crippen molar-refractivity contribution < 1.29 is 0 Å². The molecule has 25 heavy (non-hydrogen) atoms. The van der Waals surface area contributed by atoms with Gasteiger partial charge in [-0.05, 0) is 72.8 Å². The fourth-order valence-corrected chi connectivity index (χ4v) is 2.94. The summed E-state index contributed by atoms with van der Waals surface area (Å²) in [4.78, 5) is 16.0. The second-order valence-corrected chi connectivity index (χ2v) is 5.91. The molecular weight excluding hydrogens is 411 g/mol. The average molecular weight is 428 g/mol. The summed E-state index contributed by atoms with van der Waals surface area (Å²) in [6, 6.07) is 16.4. The molecule has 0 saturated carbocycles. The molecule has 120 valence electrons. The number of aromatic nitrogens is 4. The Balaban J connectivity index is 0.00000157. The van der Waals surface area contributed by atoms with Gasteiger partial charge in [0.1, 0.15) is 0 Å². The summed E-state index contributed by atoms with van der Waals surface area (Å²) in [5.74, 6) is 0. The van der Waals surface area contributed by atoms with Gasteiger partial charge in [0, 0.05) is 22.1 Å². The Bertz CT molecular complexity index is 990. The molecule has 2 aliphatic rings. The van der Waals surface area contributed by atoms with Crippen molar-refractivity contribution >= 4 is 72.2 Å². The molecule has 0 radical (unpaired) electrons. The van der Waals surface area contributed by atoms with Gasteiger partial charge in [0.15, 0.2) is 0 Å². The second kappa shape index (κ2) is 6.41. The number of nitrogens with zero attached hydrogens (tertiary/aromatic N) is 2. The topological polar surface area (TPSA) is 57.4 Å². The van der Waals surface area contributed by atoms with E-state index in [0.29, 0.717) is 0 Å². The van der Waals surface area contributed by atoms with Gasteiger partial charge in [-0.3, -0.25) is 0 Å². The van der Waals surface area contributed by atoms with E-state index in [0.717, 1.165) is 44.8 Å². The molecule has 5 heterocycles. The molecule has 5 rings (SSSR count). The quantitative estimate of drug-likeness (QED) is 0.397. The van der Waals surface area contributed by atoms with Crippen LogP contribution in [0.4, 0.5) is 0 Å². The van der Waals surface area contributed by atoms with Gasteiger partial charge in [-0.2, -0.15) is 0 Å². The van der Waals surface area contributed by atoms with E-state index >= 15 is 0 Å². The number of aromatic amines is 2. The molecule has 0 fully saturated rings. The van der Waals surface area contributed by atoms with Crippen LogP contribution in [-0.4, -0.2) is 45.8 Å². The SMILES string of the molecule is C1=Cc2cc3ccc(cc4nc(cc5ccc(cc1n2)[nH]5)C=C4)[nH]3.[InH3]. The molecule has 0 spiro atoms. The van der Waals surface area contributed by atoms with Crippen LogP contribution in [0.25, 0.3) is 46.4 Å². The summed E-state index contributed by atoms with van der Waals surface area (Å²) in [6.07, 6.45) is 8.09. The Morgan fingerprint density at radius 2 is 0.760 bits per heavy atom. The fourth-order valence-electron chi connectivity index (χ4n) is 2.94. The van der Waals surface area contributed by atoms with Crippen molar-refractivity contribution in [3.63, 3.8) is 0 Å². The first-order valence-corrected chi connectivity index (χ1v) is 7.85. The molecule has 3 aromatic heterocycles. The minimum absolute atomic E-state index is 0. The molecular formula is C20H17InN4. The van der Waals surface area contributed by atoms with E-state index in [1.54, 1.807) is 0 Å². The summed E-state index contributed by atoms with van der Waals surface area (Å²) in [5, 5.41) is 0. The molecule has 5 heteroatoms. The third-order valence-electron chi connectivity index (χ3n) is 4.04. The molecule has 0 aromatic carbocycles. The third kappa shape index (κ3) is 3.33. The van der Waals surface area contributed by atoms with Crippen molar-refractivity contribution in [1.29, 1.82) is 0 Å². The van der Waals surface area contributed by atoms with Gasteiger partial charge in [-0.1, -0.05) is 0 Å². The second-order valence-electron chi connectivity index (χ2n) is 5.91. The molecule has 0 unspecified atom stereocenters. The van der Waals surface area contributed by atoms with E-state index in [-0.39, 0.29) is 25.8 Å². The maximum absolute atomic E-state index is 4.63. The van der Waals surface area contributed by atoms with Crippen molar-refractivity contribution in [2.75, 3.05) is 0 Å². The van der Waals surface area contributed by atoms with Crippen LogP contribution in [-0.2, 0) is 0 Å². The number of hydrogen-bond acceptors (Lipinski definition) is 2. The summed E-state index contributed by atoms with van der Waals surface area (Å²) in [6.45, 7) is 0. The van der Waals surface area contributed by atoms with Gasteiger partial charge >= 0.3 is 25.8 Å². The van der Waals surface area contributed by atoms with Crippen molar-refractivity contribution in [1.82, 2.24) is 19.9 Å². The predicted octanol–water partition coefficient (Wildman–Crippen LogP) is 3.47. The minimum atomic E-state index is 0. The fraction of sp³-hybridized carbons (Fsp3) is 0. The molecule has 0 amide bonds. The standard InChI is InChI=1S/C20H14N4.In.3H/c1-2-14-10-16-5-6-18(23-16)12-20-8-7-19(24-20)11-17-4-3-15(22-17)9-13(1)21-14;;;;/h1-12,21,24H;;;;. The van der Waals surface area contributed by atoms with E-state index < -0.39 is 0 Å². The van der Waals surface area contributed by atoms with Gasteiger partial charge in [-0.25, -0.2) is 9.97 Å². The first-order valence-electron chi connectivity index (χ1n) is 7.85. The van der Waals surface area contributed by atoms with Crippen LogP contribution in [0.15, 0.2) is 48.5 Å². The van der Waals surface area contributed by atoms with Gasteiger partial charge in [-0.15, -0.1) is 0 Å². The van der Waals surface area contributed by atoms with Crippen LogP contribution < -0.4 is 0 Å². The zero-order chi connectivity index (χ0) is 15.9. The van der Waals surface area contributed by atoms with E-state index in [9.17, 15) is 0 Å². The van der Waals surface area contributed by atoms with Crippen molar-refractivity contribution in [2.45, 2.75) is 0 Å². The van der Waals surface area contributed by atoms with Gasteiger partial charge < -0.3 is 9.97 Å². The van der Waals surface area contributed by atoms with Crippen LogP contribution in [0.3, 0.4) is 0 Å². The Kier molecular flexibility index (Phi) is 4.09. The summed E-state index contributed by atoms with van der Waals surface area (Å²) < 4.78 is 0. The zero-order valence-electron chi connectivity index (χ0n) is 12.8. The number of rotatable bonds is 0. The predicted molar refractivity (Wildman–Crippen MR) is 109 cm³/mol. The zero-order valence-corrected chi connectivity index (χ0v) is 12.8. The first kappa shape index (κ1) is 16.0. The number of nitrogens with one attached hydrogen (secondary N) is 2. The van der Waals surface area contributed by atoms with Gasteiger partial charge in [0.25, 0.3) is 0 Å². The molecule has 2 N–H and O–H groups in total. The van der Waals surface area contributed by atoms with E-state index in [1.165, 1.54) is 0 Å². The first-order chi connectivity index (χ1) is 11.8. The molecule has 8 bridgehead atoms. The van der Waals surface area contributed by atoms with Crippen molar-refractivity contribution in [3.8, 4) is 0 Å². The summed E-state index contributed by atoms with van der Waals surface area (Å²) in [5.41, 5.74) is 7.86. The molecule has 3 aromatic rings. The molecule has 0 atom stereocenters.